The highest BCUT2D eigenvalue weighted by molar-refractivity contribution is 7.87. The number of azo groups is 1. The van der Waals surface area contributed by atoms with Crippen LogP contribution < -0.4 is 4.90 Å². The molecule has 0 saturated carbocycles. The Kier molecular flexibility index (Phi) is 7.92. The molecule has 0 aliphatic rings. The number of halogens is 2. The number of rotatable bonds is 7. The summed E-state index contributed by atoms with van der Waals surface area (Å²) < 4.78 is 99.3. The van der Waals surface area contributed by atoms with Gasteiger partial charge in [-0.15, -0.1) is 10.2 Å². The van der Waals surface area contributed by atoms with Gasteiger partial charge in [-0.2, -0.15) is 40.2 Å². The van der Waals surface area contributed by atoms with E-state index in [0.29, 0.717) is 11.8 Å². The van der Waals surface area contributed by atoms with Crippen molar-refractivity contribution in [2.75, 3.05) is 11.9 Å². The first kappa shape index (κ1) is 30.4. The molecular weight excluding hydrogens is 651 g/mol. The monoisotopic (exact) mass is 664 g/mol. The minimum Gasteiger partial charge on any atom is -0.505 e. The van der Waals surface area contributed by atoms with Crippen molar-refractivity contribution in [2.45, 2.75) is 14.7 Å². The summed E-state index contributed by atoms with van der Waals surface area (Å²) in [7, 11) is -13.6. The molecule has 21 heteroatoms. The van der Waals surface area contributed by atoms with Crippen LogP contribution in [0.25, 0.3) is 10.8 Å². The molecule has 4 rings (SSSR count). The molecule has 0 unspecified atom stereocenters. The van der Waals surface area contributed by atoms with Gasteiger partial charge < -0.3 is 10.0 Å². The maximum Gasteiger partial charge on any atom is 0.296 e. The third kappa shape index (κ3) is 6.52. The predicted octanol–water partition coefficient (Wildman–Crippen LogP) is 3.96. The molecule has 0 atom stereocenters. The Morgan fingerprint density at radius 3 is 1.93 bits per heavy atom. The summed E-state index contributed by atoms with van der Waals surface area (Å²) >= 11 is 11.6. The Morgan fingerprint density at radius 1 is 0.756 bits per heavy atom. The Labute approximate surface area is 241 Å². The SMILES string of the molecule is CN(c1ccc2c(O)c(N=Nc3ccc(S(=O)(=O)O)cc3S(=O)(=O)O)c(S(=O)(=O)O)cc2c1)c1nc(Cl)nc(Cl)n1. The highest BCUT2D eigenvalue weighted by atomic mass is 35.5. The second-order valence-corrected chi connectivity index (χ2v) is 12.8. The maximum atomic E-state index is 12.2. The molecule has 0 amide bonds. The van der Waals surface area contributed by atoms with Crippen LogP contribution in [0.3, 0.4) is 0 Å². The van der Waals surface area contributed by atoms with Crippen LogP contribution in [0.15, 0.2) is 67.4 Å². The van der Waals surface area contributed by atoms with E-state index in [1.807, 2.05) is 0 Å². The van der Waals surface area contributed by atoms with Crippen LogP contribution in [0.2, 0.25) is 10.6 Å². The molecule has 16 nitrogen and oxygen atoms in total. The van der Waals surface area contributed by atoms with Crippen molar-refractivity contribution >= 4 is 87.3 Å². The van der Waals surface area contributed by atoms with E-state index in [0.717, 1.165) is 18.2 Å². The van der Waals surface area contributed by atoms with Gasteiger partial charge in [-0.05, 0) is 71.1 Å². The molecular formula is C20H14Cl2N6O10S3. The second kappa shape index (κ2) is 10.7. The number of anilines is 2. The average molecular weight is 665 g/mol. The summed E-state index contributed by atoms with van der Waals surface area (Å²) in [6, 6.07) is 6.99. The summed E-state index contributed by atoms with van der Waals surface area (Å²) in [6.45, 7) is 0. The van der Waals surface area contributed by atoms with Crippen molar-refractivity contribution in [3.63, 3.8) is 0 Å². The van der Waals surface area contributed by atoms with Gasteiger partial charge in [0.25, 0.3) is 30.4 Å². The van der Waals surface area contributed by atoms with E-state index in [2.05, 4.69) is 25.2 Å². The fourth-order valence-electron chi connectivity index (χ4n) is 3.47. The number of phenolic OH excluding ortho intramolecular Hbond substituents is 1. The van der Waals surface area contributed by atoms with Crippen molar-refractivity contribution < 1.29 is 44.0 Å². The molecule has 0 spiro atoms. The number of aromatic nitrogens is 3. The second-order valence-electron chi connectivity index (χ2n) is 7.96. The maximum absolute atomic E-state index is 12.2. The summed E-state index contributed by atoms with van der Waals surface area (Å²) in [4.78, 5) is 9.97. The van der Waals surface area contributed by atoms with Gasteiger partial charge in [0.2, 0.25) is 16.5 Å². The average Bonchev–Trinajstić information content (AvgIpc) is 2.85. The van der Waals surface area contributed by atoms with Crippen LogP contribution >= 0.6 is 23.2 Å². The van der Waals surface area contributed by atoms with E-state index in [9.17, 15) is 44.0 Å². The fourth-order valence-corrected chi connectivity index (χ4v) is 5.71. The Bertz CT molecular complexity index is 2070. The molecule has 3 aromatic carbocycles. The summed E-state index contributed by atoms with van der Waals surface area (Å²) in [6.07, 6.45) is 0. The highest BCUT2D eigenvalue weighted by Crippen LogP contribution is 2.43. The van der Waals surface area contributed by atoms with Crippen molar-refractivity contribution in [3.8, 4) is 5.75 Å². The van der Waals surface area contributed by atoms with E-state index in [1.165, 1.54) is 30.1 Å². The lowest BCUT2D eigenvalue weighted by Crippen LogP contribution is -2.13. The lowest BCUT2D eigenvalue weighted by molar-refractivity contribution is 0.471. The fraction of sp³-hybridized carbons (Fsp3) is 0.0500. The molecule has 0 aliphatic carbocycles. The van der Waals surface area contributed by atoms with Crippen LogP contribution in [0.1, 0.15) is 0 Å². The molecule has 41 heavy (non-hydrogen) atoms. The van der Waals surface area contributed by atoms with E-state index < -0.39 is 62.2 Å². The quantitative estimate of drug-likeness (QED) is 0.161. The van der Waals surface area contributed by atoms with Gasteiger partial charge in [0.05, 0.1) is 4.90 Å². The first-order valence-electron chi connectivity index (χ1n) is 10.4. The molecule has 216 valence electrons. The molecule has 4 N–H and O–H groups in total. The van der Waals surface area contributed by atoms with Gasteiger partial charge >= 0.3 is 0 Å². The highest BCUT2D eigenvalue weighted by Gasteiger charge is 2.24. The minimum absolute atomic E-state index is 0.00642. The third-order valence-corrected chi connectivity index (χ3v) is 8.27. The molecule has 4 aromatic rings. The van der Waals surface area contributed by atoms with Gasteiger partial charge in [-0.25, -0.2) is 0 Å². The number of benzene rings is 3. The summed E-state index contributed by atoms with van der Waals surface area (Å²) in [5, 5.41) is 17.7. The van der Waals surface area contributed by atoms with Gasteiger partial charge in [-0.1, -0.05) is 0 Å². The largest absolute Gasteiger partial charge is 0.505 e. The summed E-state index contributed by atoms with van der Waals surface area (Å²) in [5.74, 6) is -0.782. The van der Waals surface area contributed by atoms with Crippen LogP contribution in [0.4, 0.5) is 23.0 Å². The van der Waals surface area contributed by atoms with E-state index in [-0.39, 0.29) is 27.3 Å². The Balaban J connectivity index is 1.88. The number of aromatic hydroxyl groups is 1. The topological polar surface area (TPSA) is 250 Å². The van der Waals surface area contributed by atoms with Gasteiger partial charge in [0.1, 0.15) is 21.2 Å². The van der Waals surface area contributed by atoms with Crippen LogP contribution in [0.5, 0.6) is 5.75 Å². The van der Waals surface area contributed by atoms with Crippen molar-refractivity contribution in [2.24, 2.45) is 10.2 Å². The van der Waals surface area contributed by atoms with Gasteiger partial charge in [-0.3, -0.25) is 13.7 Å². The number of hydrogen-bond acceptors (Lipinski definition) is 13. The van der Waals surface area contributed by atoms with E-state index in [1.54, 1.807) is 0 Å². The molecule has 0 radical (unpaired) electrons. The van der Waals surface area contributed by atoms with Crippen LogP contribution in [-0.2, 0) is 30.4 Å². The van der Waals surface area contributed by atoms with Crippen LogP contribution in [0, 0.1) is 0 Å². The standard InChI is InChI=1S/C20H14Cl2N6O10S3/c1-28(20-24-18(21)23-19(22)25-20)10-2-4-12-9(6-10)7-15(41(36,37)38)16(17(12)29)27-26-13-5-3-11(39(30,31)32)8-14(13)40(33,34)35/h2-8,29H,1H3,(H,30,31,32)(H,33,34,35)(H,36,37,38). The first-order valence-corrected chi connectivity index (χ1v) is 15.5. The Morgan fingerprint density at radius 2 is 1.37 bits per heavy atom. The predicted molar refractivity (Wildman–Crippen MR) is 144 cm³/mol. The molecule has 1 heterocycles. The minimum atomic E-state index is -5.14. The Hall–Kier alpha value is -3.56. The van der Waals surface area contributed by atoms with Crippen molar-refractivity contribution in [1.82, 2.24) is 15.0 Å². The normalized spacial score (nSPS) is 12.7. The molecule has 0 aliphatic heterocycles. The molecule has 0 saturated heterocycles. The zero-order valence-corrected chi connectivity index (χ0v) is 23.9. The molecule has 1 aromatic heterocycles. The van der Waals surface area contributed by atoms with Crippen LogP contribution in [-0.4, -0.2) is 66.0 Å². The van der Waals surface area contributed by atoms with Crippen molar-refractivity contribution in [3.05, 3.63) is 53.0 Å². The van der Waals surface area contributed by atoms with Gasteiger partial charge in [0.15, 0.2) is 5.75 Å². The number of nitrogens with zero attached hydrogens (tertiary/aromatic N) is 6. The lowest BCUT2D eigenvalue weighted by Gasteiger charge is -2.18. The summed E-state index contributed by atoms with van der Waals surface area (Å²) in [5.41, 5.74) is -1.17. The van der Waals surface area contributed by atoms with Crippen molar-refractivity contribution in [1.29, 1.82) is 0 Å². The third-order valence-electron chi connectivity index (χ3n) is 5.33. The number of hydrogen-bond donors (Lipinski definition) is 4. The first-order chi connectivity index (χ1) is 18.9. The molecule has 0 fully saturated rings. The van der Waals surface area contributed by atoms with Gasteiger partial charge in [0, 0.05) is 18.1 Å². The van der Waals surface area contributed by atoms with E-state index in [4.69, 9.17) is 23.2 Å². The lowest BCUT2D eigenvalue weighted by atomic mass is 10.1. The number of phenols is 1. The zero-order chi connectivity index (χ0) is 30.5. The zero-order valence-electron chi connectivity index (χ0n) is 19.9. The van der Waals surface area contributed by atoms with E-state index >= 15 is 0 Å². The smallest absolute Gasteiger partial charge is 0.296 e. The molecule has 0 bridgehead atoms. The number of fused-ring (bicyclic) bond motifs is 1.